The van der Waals surface area contributed by atoms with E-state index in [4.69, 9.17) is 14.6 Å². The van der Waals surface area contributed by atoms with E-state index in [1.165, 1.54) is 0 Å². The normalized spacial score (nSPS) is 11.5. The molecule has 0 saturated heterocycles. The second kappa shape index (κ2) is 9.46. The highest BCUT2D eigenvalue weighted by molar-refractivity contribution is 5.80. The predicted molar refractivity (Wildman–Crippen MR) is 97.6 cm³/mol. The average Bonchev–Trinajstić information content (AvgIpc) is 2.62. The number of carbonyl (C=O) groups excluding carboxylic acids is 1. The smallest absolute Gasteiger partial charge is 0.341 e. The van der Waals surface area contributed by atoms with Gasteiger partial charge in [-0.3, -0.25) is 4.79 Å². The van der Waals surface area contributed by atoms with Crippen LogP contribution in [0, 0.1) is 6.92 Å². The van der Waals surface area contributed by atoms with Crippen molar-refractivity contribution in [3.8, 4) is 11.5 Å². The minimum Gasteiger partial charge on any atom is -0.482 e. The molecule has 138 valence electrons. The van der Waals surface area contributed by atoms with Crippen LogP contribution >= 0.6 is 0 Å². The van der Waals surface area contributed by atoms with E-state index >= 15 is 0 Å². The third-order valence-corrected chi connectivity index (χ3v) is 3.70. The molecule has 0 spiro atoms. The summed E-state index contributed by atoms with van der Waals surface area (Å²) >= 11 is 0. The van der Waals surface area contributed by atoms with Crippen molar-refractivity contribution in [2.75, 3.05) is 13.2 Å². The number of rotatable bonds is 9. The molecular weight excluding hydrogens is 334 g/mol. The Morgan fingerprint density at radius 3 is 2.27 bits per heavy atom. The molecule has 0 heterocycles. The molecule has 0 fully saturated rings. The van der Waals surface area contributed by atoms with Gasteiger partial charge in [-0.05, 0) is 50.1 Å². The lowest BCUT2D eigenvalue weighted by Gasteiger charge is -2.15. The number of amides is 1. The number of carboxylic acids is 1. The van der Waals surface area contributed by atoms with Crippen LogP contribution in [0.2, 0.25) is 0 Å². The molecule has 2 N–H and O–H groups in total. The van der Waals surface area contributed by atoms with Crippen molar-refractivity contribution < 1.29 is 24.2 Å². The maximum atomic E-state index is 12.1. The molecule has 6 nitrogen and oxygen atoms in total. The standard InChI is InChI=1S/C20H23NO5/c1-14-3-7-18(8-4-14)26-15(2)20(24)21-12-11-16-5-9-17(10-6-16)25-13-19(22)23/h3-10,15H,11-13H2,1-2H3,(H,21,24)(H,22,23). The highest BCUT2D eigenvalue weighted by atomic mass is 16.5. The first-order chi connectivity index (χ1) is 12.4. The zero-order chi connectivity index (χ0) is 18.9. The number of nitrogens with one attached hydrogen (secondary N) is 1. The summed E-state index contributed by atoms with van der Waals surface area (Å²) in [6, 6.07) is 14.7. The van der Waals surface area contributed by atoms with Gasteiger partial charge in [-0.15, -0.1) is 0 Å². The van der Waals surface area contributed by atoms with E-state index < -0.39 is 12.1 Å². The Labute approximate surface area is 152 Å². The van der Waals surface area contributed by atoms with Crippen LogP contribution in [0.25, 0.3) is 0 Å². The van der Waals surface area contributed by atoms with Crippen molar-refractivity contribution in [1.29, 1.82) is 0 Å². The van der Waals surface area contributed by atoms with Crippen molar-refractivity contribution in [3.05, 3.63) is 59.7 Å². The number of aliphatic carboxylic acids is 1. The van der Waals surface area contributed by atoms with E-state index in [-0.39, 0.29) is 12.5 Å². The highest BCUT2D eigenvalue weighted by Gasteiger charge is 2.13. The summed E-state index contributed by atoms with van der Waals surface area (Å²) in [5.74, 6) is -0.0266. The number of benzene rings is 2. The summed E-state index contributed by atoms with van der Waals surface area (Å²) in [6.07, 6.45) is 0.0758. The minimum absolute atomic E-state index is 0.174. The summed E-state index contributed by atoms with van der Waals surface area (Å²) < 4.78 is 10.7. The molecule has 2 aromatic carbocycles. The first-order valence-corrected chi connectivity index (χ1v) is 8.38. The van der Waals surface area contributed by atoms with Crippen LogP contribution in [-0.4, -0.2) is 36.2 Å². The Morgan fingerprint density at radius 2 is 1.65 bits per heavy atom. The third kappa shape index (κ3) is 6.47. The Bertz CT molecular complexity index is 725. The molecule has 0 aromatic heterocycles. The van der Waals surface area contributed by atoms with Crippen molar-refractivity contribution in [3.63, 3.8) is 0 Å². The summed E-state index contributed by atoms with van der Waals surface area (Å²) in [6.45, 7) is 3.82. The lowest BCUT2D eigenvalue weighted by atomic mass is 10.1. The van der Waals surface area contributed by atoms with Gasteiger partial charge in [0.1, 0.15) is 11.5 Å². The Balaban J connectivity index is 1.73. The number of hydrogen-bond acceptors (Lipinski definition) is 4. The minimum atomic E-state index is -1.02. The molecule has 2 rings (SSSR count). The van der Waals surface area contributed by atoms with Crippen LogP contribution in [0.5, 0.6) is 11.5 Å². The van der Waals surface area contributed by atoms with Gasteiger partial charge in [-0.1, -0.05) is 29.8 Å². The summed E-state index contributed by atoms with van der Waals surface area (Å²) in [4.78, 5) is 22.6. The van der Waals surface area contributed by atoms with Gasteiger partial charge in [-0.25, -0.2) is 4.79 Å². The van der Waals surface area contributed by atoms with Crippen LogP contribution in [0.15, 0.2) is 48.5 Å². The molecule has 1 atom stereocenters. The topological polar surface area (TPSA) is 84.9 Å². The first-order valence-electron chi connectivity index (χ1n) is 8.38. The predicted octanol–water partition coefficient (Wildman–Crippen LogP) is 2.58. The first kappa shape index (κ1) is 19.3. The van der Waals surface area contributed by atoms with Gasteiger partial charge in [0.15, 0.2) is 12.7 Å². The maximum Gasteiger partial charge on any atom is 0.341 e. The van der Waals surface area contributed by atoms with Gasteiger partial charge < -0.3 is 19.9 Å². The molecule has 0 aliphatic heterocycles. The van der Waals surface area contributed by atoms with Crippen LogP contribution in [0.3, 0.4) is 0 Å². The zero-order valence-corrected chi connectivity index (χ0v) is 14.9. The van der Waals surface area contributed by atoms with Gasteiger partial charge in [0.2, 0.25) is 0 Å². The highest BCUT2D eigenvalue weighted by Crippen LogP contribution is 2.14. The molecule has 0 saturated carbocycles. The second-order valence-corrected chi connectivity index (χ2v) is 5.94. The van der Waals surface area contributed by atoms with E-state index in [0.717, 1.165) is 11.1 Å². The average molecular weight is 357 g/mol. The van der Waals surface area contributed by atoms with Crippen molar-refractivity contribution in [2.24, 2.45) is 0 Å². The lowest BCUT2D eigenvalue weighted by Crippen LogP contribution is -2.37. The summed E-state index contributed by atoms with van der Waals surface area (Å²) in [5, 5.41) is 11.4. The monoisotopic (exact) mass is 357 g/mol. The number of aryl methyl sites for hydroxylation is 1. The molecule has 1 amide bonds. The number of carboxylic acid groups (broad SMARTS) is 1. The Kier molecular flexibility index (Phi) is 7.02. The fourth-order valence-electron chi connectivity index (χ4n) is 2.25. The molecule has 0 aliphatic rings. The lowest BCUT2D eigenvalue weighted by molar-refractivity contribution is -0.139. The van der Waals surface area contributed by atoms with E-state index in [1.807, 2.05) is 43.3 Å². The van der Waals surface area contributed by atoms with Crippen LogP contribution in [0.4, 0.5) is 0 Å². The number of carbonyl (C=O) groups is 2. The van der Waals surface area contributed by atoms with Gasteiger partial charge >= 0.3 is 5.97 Å². The number of ether oxygens (including phenoxy) is 2. The molecule has 0 radical (unpaired) electrons. The largest absolute Gasteiger partial charge is 0.482 e. The summed E-state index contributed by atoms with van der Waals surface area (Å²) in [7, 11) is 0. The maximum absolute atomic E-state index is 12.1. The molecule has 1 unspecified atom stereocenters. The van der Waals surface area contributed by atoms with E-state index in [9.17, 15) is 9.59 Å². The van der Waals surface area contributed by atoms with Crippen molar-refractivity contribution >= 4 is 11.9 Å². The fraction of sp³-hybridized carbons (Fsp3) is 0.300. The molecule has 6 heteroatoms. The molecule has 2 aromatic rings. The Hall–Kier alpha value is -3.02. The quantitative estimate of drug-likeness (QED) is 0.720. The molecule has 26 heavy (non-hydrogen) atoms. The van der Waals surface area contributed by atoms with E-state index in [0.29, 0.717) is 24.5 Å². The van der Waals surface area contributed by atoms with Crippen LogP contribution in [0.1, 0.15) is 18.1 Å². The van der Waals surface area contributed by atoms with Crippen LogP contribution in [-0.2, 0) is 16.0 Å². The van der Waals surface area contributed by atoms with Gasteiger partial charge in [0.25, 0.3) is 5.91 Å². The van der Waals surface area contributed by atoms with Crippen molar-refractivity contribution in [2.45, 2.75) is 26.4 Å². The Morgan fingerprint density at radius 1 is 1.04 bits per heavy atom. The zero-order valence-electron chi connectivity index (χ0n) is 14.9. The van der Waals surface area contributed by atoms with Crippen molar-refractivity contribution in [1.82, 2.24) is 5.32 Å². The molecule has 0 bridgehead atoms. The SMILES string of the molecule is Cc1ccc(OC(C)C(=O)NCCc2ccc(OCC(=O)O)cc2)cc1. The molecule has 0 aliphatic carbocycles. The van der Waals surface area contributed by atoms with E-state index in [2.05, 4.69) is 5.32 Å². The number of hydrogen-bond donors (Lipinski definition) is 2. The third-order valence-electron chi connectivity index (χ3n) is 3.70. The molecular formula is C20H23NO5. The van der Waals surface area contributed by atoms with E-state index in [1.54, 1.807) is 19.1 Å². The van der Waals surface area contributed by atoms with Gasteiger partial charge in [-0.2, -0.15) is 0 Å². The second-order valence-electron chi connectivity index (χ2n) is 5.94. The van der Waals surface area contributed by atoms with Gasteiger partial charge in [0.05, 0.1) is 0 Å². The van der Waals surface area contributed by atoms with Gasteiger partial charge in [0, 0.05) is 6.54 Å². The fourth-order valence-corrected chi connectivity index (χ4v) is 2.25. The summed E-state index contributed by atoms with van der Waals surface area (Å²) in [5.41, 5.74) is 2.15. The van der Waals surface area contributed by atoms with Crippen LogP contribution < -0.4 is 14.8 Å².